The van der Waals surface area contributed by atoms with Crippen molar-refractivity contribution in [2.24, 2.45) is 23.8 Å². The van der Waals surface area contributed by atoms with Gasteiger partial charge in [-0.2, -0.15) is 5.10 Å². The van der Waals surface area contributed by atoms with E-state index in [0.29, 0.717) is 22.9 Å². The first kappa shape index (κ1) is 13.2. The van der Waals surface area contributed by atoms with Crippen molar-refractivity contribution in [2.45, 2.75) is 59.0 Å². The topological polar surface area (TPSA) is 29.9 Å². The van der Waals surface area contributed by atoms with E-state index in [1.807, 2.05) is 17.9 Å². The maximum Gasteiger partial charge on any atom is 0.0537 e. The van der Waals surface area contributed by atoms with Crippen LogP contribution in [-0.2, 0) is 7.05 Å². The molecule has 3 heteroatoms. The van der Waals surface area contributed by atoms with E-state index in [1.165, 1.54) is 24.8 Å². The van der Waals surface area contributed by atoms with Crippen molar-refractivity contribution < 1.29 is 0 Å². The zero-order valence-corrected chi connectivity index (χ0v) is 12.9. The van der Waals surface area contributed by atoms with E-state index in [9.17, 15) is 0 Å². The van der Waals surface area contributed by atoms with Crippen LogP contribution in [0.1, 0.15) is 58.6 Å². The normalized spacial score (nSPS) is 37.7. The second-order valence-electron chi connectivity index (χ2n) is 7.50. The van der Waals surface area contributed by atoms with Gasteiger partial charge in [0.1, 0.15) is 0 Å². The number of nitrogens with zero attached hydrogens (tertiary/aromatic N) is 2. The van der Waals surface area contributed by atoms with Crippen LogP contribution in [0.25, 0.3) is 0 Å². The lowest BCUT2D eigenvalue weighted by Gasteiger charge is -2.40. The standard InChI is InChI=1S/C16H27N3/c1-11(12-9-17-19(5)10-12)18-14-8-13-6-7-16(14,4)15(13,2)3/h9-11,13-14,18H,6-8H2,1-5H3. The van der Waals surface area contributed by atoms with Crippen molar-refractivity contribution in [1.29, 1.82) is 0 Å². The van der Waals surface area contributed by atoms with Crippen LogP contribution in [0, 0.1) is 16.7 Å². The Kier molecular flexibility index (Phi) is 2.83. The molecule has 2 aliphatic carbocycles. The van der Waals surface area contributed by atoms with Crippen LogP contribution >= 0.6 is 0 Å². The molecule has 4 unspecified atom stereocenters. The second kappa shape index (κ2) is 4.08. The molecule has 4 atom stereocenters. The highest BCUT2D eigenvalue weighted by Crippen LogP contribution is 2.65. The minimum absolute atomic E-state index is 0.394. The molecule has 0 spiro atoms. The first-order chi connectivity index (χ1) is 8.84. The van der Waals surface area contributed by atoms with Crippen LogP contribution in [-0.4, -0.2) is 15.8 Å². The molecule has 0 amide bonds. The summed E-state index contributed by atoms with van der Waals surface area (Å²) in [6.07, 6.45) is 8.25. The molecule has 2 fully saturated rings. The third kappa shape index (κ3) is 1.78. The highest BCUT2D eigenvalue weighted by atomic mass is 15.2. The Morgan fingerprint density at radius 3 is 2.63 bits per heavy atom. The van der Waals surface area contributed by atoms with Gasteiger partial charge in [-0.15, -0.1) is 0 Å². The number of aromatic nitrogens is 2. The zero-order valence-electron chi connectivity index (χ0n) is 12.9. The molecule has 0 saturated heterocycles. The van der Waals surface area contributed by atoms with E-state index in [2.05, 4.69) is 44.3 Å². The average Bonchev–Trinajstić information content (AvgIpc) is 2.91. The summed E-state index contributed by atoms with van der Waals surface area (Å²) in [7, 11) is 1.98. The molecular formula is C16H27N3. The number of fused-ring (bicyclic) bond motifs is 2. The molecule has 3 nitrogen and oxygen atoms in total. The fourth-order valence-corrected chi connectivity index (χ4v) is 4.52. The largest absolute Gasteiger partial charge is 0.307 e. The molecule has 0 aliphatic heterocycles. The van der Waals surface area contributed by atoms with Gasteiger partial charge in [0.2, 0.25) is 0 Å². The first-order valence-electron chi connectivity index (χ1n) is 7.59. The van der Waals surface area contributed by atoms with Crippen LogP contribution in [0.2, 0.25) is 0 Å². The number of nitrogens with one attached hydrogen (secondary N) is 1. The molecule has 2 saturated carbocycles. The van der Waals surface area contributed by atoms with E-state index in [1.54, 1.807) is 0 Å². The highest BCUT2D eigenvalue weighted by molar-refractivity contribution is 5.16. The molecule has 1 N–H and O–H groups in total. The van der Waals surface area contributed by atoms with Gasteiger partial charge in [0.05, 0.1) is 6.20 Å². The van der Waals surface area contributed by atoms with E-state index < -0.39 is 0 Å². The average molecular weight is 261 g/mol. The van der Waals surface area contributed by atoms with Crippen molar-refractivity contribution in [3.05, 3.63) is 18.0 Å². The van der Waals surface area contributed by atoms with Gasteiger partial charge in [-0.1, -0.05) is 20.8 Å². The second-order valence-corrected chi connectivity index (χ2v) is 7.50. The predicted octanol–water partition coefficient (Wildman–Crippen LogP) is 3.29. The summed E-state index contributed by atoms with van der Waals surface area (Å²) in [5, 5.41) is 8.17. The Bertz CT molecular complexity index is 476. The Morgan fingerprint density at radius 2 is 2.16 bits per heavy atom. The van der Waals surface area contributed by atoms with E-state index in [-0.39, 0.29) is 0 Å². The predicted molar refractivity (Wildman–Crippen MR) is 77.8 cm³/mol. The molecule has 0 aromatic carbocycles. The maximum atomic E-state index is 4.28. The van der Waals surface area contributed by atoms with Gasteiger partial charge in [-0.25, -0.2) is 0 Å². The van der Waals surface area contributed by atoms with Crippen molar-refractivity contribution in [3.8, 4) is 0 Å². The fourth-order valence-electron chi connectivity index (χ4n) is 4.52. The monoisotopic (exact) mass is 261 g/mol. The molecular weight excluding hydrogens is 234 g/mol. The van der Waals surface area contributed by atoms with E-state index in [0.717, 1.165) is 5.92 Å². The summed E-state index contributed by atoms with van der Waals surface area (Å²) in [5.41, 5.74) is 2.24. The van der Waals surface area contributed by atoms with Crippen molar-refractivity contribution in [1.82, 2.24) is 15.1 Å². The van der Waals surface area contributed by atoms with Gasteiger partial charge >= 0.3 is 0 Å². The van der Waals surface area contributed by atoms with Gasteiger partial charge < -0.3 is 5.32 Å². The third-order valence-electron chi connectivity index (χ3n) is 6.47. The van der Waals surface area contributed by atoms with Gasteiger partial charge in [0.25, 0.3) is 0 Å². The molecule has 1 aromatic rings. The highest BCUT2D eigenvalue weighted by Gasteiger charge is 2.61. The quantitative estimate of drug-likeness (QED) is 0.905. The van der Waals surface area contributed by atoms with Crippen molar-refractivity contribution >= 4 is 0 Å². The lowest BCUT2D eigenvalue weighted by atomic mass is 9.69. The Hall–Kier alpha value is -0.830. The van der Waals surface area contributed by atoms with Crippen LogP contribution in [0.5, 0.6) is 0 Å². The minimum Gasteiger partial charge on any atom is -0.307 e. The molecule has 1 aromatic heterocycles. The Balaban J connectivity index is 1.75. The molecule has 1 heterocycles. The Labute approximate surface area is 116 Å². The van der Waals surface area contributed by atoms with Crippen LogP contribution in [0.4, 0.5) is 0 Å². The number of rotatable bonds is 3. The summed E-state index contributed by atoms with van der Waals surface area (Å²) < 4.78 is 1.89. The van der Waals surface area contributed by atoms with Crippen molar-refractivity contribution in [2.75, 3.05) is 0 Å². The van der Waals surface area contributed by atoms with Crippen LogP contribution < -0.4 is 5.32 Å². The lowest BCUT2D eigenvalue weighted by molar-refractivity contribution is 0.116. The van der Waals surface area contributed by atoms with Gasteiger partial charge in [0.15, 0.2) is 0 Å². The van der Waals surface area contributed by atoms with Crippen LogP contribution in [0.15, 0.2) is 12.4 Å². The Morgan fingerprint density at radius 1 is 1.42 bits per heavy atom. The number of aryl methyl sites for hydroxylation is 1. The summed E-state index contributed by atoms with van der Waals surface area (Å²) in [6, 6.07) is 1.04. The van der Waals surface area contributed by atoms with Crippen molar-refractivity contribution in [3.63, 3.8) is 0 Å². The van der Waals surface area contributed by atoms with E-state index in [4.69, 9.17) is 0 Å². The summed E-state index contributed by atoms with van der Waals surface area (Å²) in [4.78, 5) is 0. The summed E-state index contributed by atoms with van der Waals surface area (Å²) >= 11 is 0. The number of hydrogen-bond acceptors (Lipinski definition) is 2. The maximum absolute atomic E-state index is 4.28. The molecule has 106 valence electrons. The lowest BCUT2D eigenvalue weighted by Crippen LogP contribution is -2.45. The number of hydrogen-bond donors (Lipinski definition) is 1. The molecule has 19 heavy (non-hydrogen) atoms. The van der Waals surface area contributed by atoms with Gasteiger partial charge in [0, 0.05) is 30.9 Å². The third-order valence-corrected chi connectivity index (χ3v) is 6.47. The molecule has 0 radical (unpaired) electrons. The first-order valence-corrected chi connectivity index (χ1v) is 7.59. The van der Waals surface area contributed by atoms with Gasteiger partial charge in [-0.05, 0) is 42.9 Å². The van der Waals surface area contributed by atoms with Crippen LogP contribution in [0.3, 0.4) is 0 Å². The minimum atomic E-state index is 0.394. The smallest absolute Gasteiger partial charge is 0.0537 e. The summed E-state index contributed by atoms with van der Waals surface area (Å²) in [6.45, 7) is 9.70. The SMILES string of the molecule is CC(NC1CC2CCC1(C)C2(C)C)c1cnn(C)c1. The zero-order chi connectivity index (χ0) is 13.8. The summed E-state index contributed by atoms with van der Waals surface area (Å²) in [5.74, 6) is 0.899. The molecule has 3 rings (SSSR count). The fraction of sp³-hybridized carbons (Fsp3) is 0.812. The van der Waals surface area contributed by atoms with Gasteiger partial charge in [-0.3, -0.25) is 4.68 Å². The van der Waals surface area contributed by atoms with E-state index >= 15 is 0 Å². The molecule has 2 aliphatic rings. The molecule has 2 bridgehead atoms.